The van der Waals surface area contributed by atoms with Gasteiger partial charge in [0.15, 0.2) is 0 Å². The number of piperidine rings is 1. The molecule has 4 nitrogen and oxygen atoms in total. The fourth-order valence-corrected chi connectivity index (χ4v) is 2.76. The molecule has 15 heavy (non-hydrogen) atoms. The Morgan fingerprint density at radius 3 is 2.47 bits per heavy atom. The minimum absolute atomic E-state index is 0.0693. The van der Waals surface area contributed by atoms with E-state index in [2.05, 4.69) is 16.2 Å². The molecule has 1 fully saturated rings. The van der Waals surface area contributed by atoms with Crippen molar-refractivity contribution < 1.29 is 8.42 Å². The van der Waals surface area contributed by atoms with Gasteiger partial charge >= 0.3 is 0 Å². The normalized spacial score (nSPS) is 20.4. The van der Waals surface area contributed by atoms with Crippen LogP contribution in [0.5, 0.6) is 0 Å². The first kappa shape index (κ1) is 13.0. The largest absolute Gasteiger partial charge is 0.298 e. The van der Waals surface area contributed by atoms with Crippen LogP contribution in [-0.2, 0) is 10.0 Å². The standard InChI is InChI=1S/C9H17ClN2O2S/c1-8(10)7-12-5-3-9(4-6-12)11-15(2,13)14/h9,11H,1,3-7H2,2H3. The Balaban J connectivity index is 2.33. The summed E-state index contributed by atoms with van der Waals surface area (Å²) < 4.78 is 24.6. The average molecular weight is 253 g/mol. The molecule has 0 atom stereocenters. The molecule has 0 aromatic heterocycles. The molecular weight excluding hydrogens is 236 g/mol. The third kappa shape index (κ3) is 5.51. The number of sulfonamides is 1. The van der Waals surface area contributed by atoms with E-state index in [1.54, 1.807) is 0 Å². The Morgan fingerprint density at radius 1 is 1.53 bits per heavy atom. The third-order valence-electron chi connectivity index (χ3n) is 2.36. The zero-order chi connectivity index (χ0) is 11.5. The van der Waals surface area contributed by atoms with Crippen LogP contribution in [0.2, 0.25) is 0 Å². The van der Waals surface area contributed by atoms with E-state index in [1.165, 1.54) is 6.26 Å². The molecule has 1 N–H and O–H groups in total. The van der Waals surface area contributed by atoms with Gasteiger partial charge in [-0.2, -0.15) is 0 Å². The van der Waals surface area contributed by atoms with Crippen molar-refractivity contribution >= 4 is 21.6 Å². The smallest absolute Gasteiger partial charge is 0.208 e. The van der Waals surface area contributed by atoms with Gasteiger partial charge in [0, 0.05) is 30.7 Å². The molecule has 0 unspecified atom stereocenters. The quantitative estimate of drug-likeness (QED) is 0.804. The topological polar surface area (TPSA) is 49.4 Å². The molecule has 0 saturated carbocycles. The predicted molar refractivity (Wildman–Crippen MR) is 62.4 cm³/mol. The van der Waals surface area contributed by atoms with Gasteiger partial charge in [-0.1, -0.05) is 18.2 Å². The van der Waals surface area contributed by atoms with E-state index in [0.29, 0.717) is 11.6 Å². The molecule has 0 bridgehead atoms. The van der Waals surface area contributed by atoms with Crippen molar-refractivity contribution in [1.29, 1.82) is 0 Å². The molecular formula is C9H17ClN2O2S. The lowest BCUT2D eigenvalue weighted by Crippen LogP contribution is -2.44. The van der Waals surface area contributed by atoms with E-state index in [4.69, 9.17) is 11.6 Å². The van der Waals surface area contributed by atoms with E-state index in [9.17, 15) is 8.42 Å². The summed E-state index contributed by atoms with van der Waals surface area (Å²) in [5, 5.41) is 0.629. The van der Waals surface area contributed by atoms with Crippen LogP contribution in [0.15, 0.2) is 11.6 Å². The maximum absolute atomic E-state index is 11.0. The zero-order valence-corrected chi connectivity index (χ0v) is 10.4. The maximum Gasteiger partial charge on any atom is 0.208 e. The molecule has 1 aliphatic rings. The molecule has 1 aliphatic heterocycles. The Labute approximate surface area is 96.3 Å². The van der Waals surface area contributed by atoms with Gasteiger partial charge in [0.1, 0.15) is 0 Å². The van der Waals surface area contributed by atoms with Gasteiger partial charge in [0.25, 0.3) is 0 Å². The summed E-state index contributed by atoms with van der Waals surface area (Å²) >= 11 is 5.71. The van der Waals surface area contributed by atoms with Crippen LogP contribution in [0.4, 0.5) is 0 Å². The van der Waals surface area contributed by atoms with Crippen LogP contribution < -0.4 is 4.72 Å². The molecule has 0 aliphatic carbocycles. The molecule has 0 spiro atoms. The van der Waals surface area contributed by atoms with Crippen LogP contribution in [0, 0.1) is 0 Å². The second-order valence-corrected chi connectivity index (χ2v) is 6.27. The minimum atomic E-state index is -3.08. The highest BCUT2D eigenvalue weighted by atomic mass is 35.5. The second kappa shape index (κ2) is 5.30. The molecule has 0 aromatic rings. The van der Waals surface area contributed by atoms with Crippen molar-refractivity contribution in [2.24, 2.45) is 0 Å². The highest BCUT2D eigenvalue weighted by molar-refractivity contribution is 7.88. The molecule has 1 rings (SSSR count). The number of likely N-dealkylation sites (tertiary alicyclic amines) is 1. The lowest BCUT2D eigenvalue weighted by Gasteiger charge is -2.31. The molecule has 6 heteroatoms. The number of nitrogens with zero attached hydrogens (tertiary/aromatic N) is 1. The zero-order valence-electron chi connectivity index (χ0n) is 8.87. The molecule has 1 heterocycles. The summed E-state index contributed by atoms with van der Waals surface area (Å²) in [7, 11) is -3.08. The van der Waals surface area contributed by atoms with Crippen LogP contribution in [-0.4, -0.2) is 45.2 Å². The molecule has 0 aromatic carbocycles. The molecule has 88 valence electrons. The minimum Gasteiger partial charge on any atom is -0.298 e. The van der Waals surface area contributed by atoms with Gasteiger partial charge in [-0.25, -0.2) is 13.1 Å². The molecule has 1 saturated heterocycles. The van der Waals surface area contributed by atoms with Crippen LogP contribution in [0.25, 0.3) is 0 Å². The first-order chi connectivity index (χ1) is 6.87. The van der Waals surface area contributed by atoms with Gasteiger partial charge in [0.2, 0.25) is 10.0 Å². The predicted octanol–water partition coefficient (Wildman–Crippen LogP) is 0.752. The average Bonchev–Trinajstić information content (AvgIpc) is 2.05. The summed E-state index contributed by atoms with van der Waals surface area (Å²) in [6, 6.07) is 0.0693. The summed E-state index contributed by atoms with van der Waals surface area (Å²) in [6.07, 6.45) is 2.86. The van der Waals surface area contributed by atoms with E-state index in [0.717, 1.165) is 25.9 Å². The van der Waals surface area contributed by atoms with Gasteiger partial charge in [0.05, 0.1) is 6.26 Å². The number of halogens is 1. The van der Waals surface area contributed by atoms with Crippen LogP contribution in [0.3, 0.4) is 0 Å². The highest BCUT2D eigenvalue weighted by Gasteiger charge is 2.21. The summed E-state index contributed by atoms with van der Waals surface area (Å²) in [6.45, 7) is 6.05. The fraction of sp³-hybridized carbons (Fsp3) is 0.778. The van der Waals surface area contributed by atoms with E-state index in [1.807, 2.05) is 0 Å². The van der Waals surface area contributed by atoms with Gasteiger partial charge in [-0.15, -0.1) is 0 Å². The van der Waals surface area contributed by atoms with Crippen molar-refractivity contribution in [1.82, 2.24) is 9.62 Å². The number of hydrogen-bond donors (Lipinski definition) is 1. The molecule has 0 radical (unpaired) electrons. The third-order valence-corrected chi connectivity index (χ3v) is 3.24. The van der Waals surface area contributed by atoms with Crippen molar-refractivity contribution in [2.75, 3.05) is 25.9 Å². The van der Waals surface area contributed by atoms with Gasteiger partial charge < -0.3 is 0 Å². The van der Waals surface area contributed by atoms with Crippen LogP contribution >= 0.6 is 11.6 Å². The van der Waals surface area contributed by atoms with Crippen molar-refractivity contribution in [3.8, 4) is 0 Å². The van der Waals surface area contributed by atoms with Crippen molar-refractivity contribution in [3.63, 3.8) is 0 Å². The number of hydrogen-bond acceptors (Lipinski definition) is 3. The summed E-state index contributed by atoms with van der Waals surface area (Å²) in [5.74, 6) is 0. The number of nitrogens with one attached hydrogen (secondary N) is 1. The van der Waals surface area contributed by atoms with Crippen molar-refractivity contribution in [3.05, 3.63) is 11.6 Å². The lowest BCUT2D eigenvalue weighted by atomic mass is 10.1. The van der Waals surface area contributed by atoms with E-state index < -0.39 is 10.0 Å². The van der Waals surface area contributed by atoms with Crippen molar-refractivity contribution in [2.45, 2.75) is 18.9 Å². The first-order valence-electron chi connectivity index (χ1n) is 4.90. The molecule has 0 amide bonds. The summed E-state index contributed by atoms with van der Waals surface area (Å²) in [4.78, 5) is 2.18. The Hall–Kier alpha value is -0.100. The van der Waals surface area contributed by atoms with Crippen LogP contribution in [0.1, 0.15) is 12.8 Å². The maximum atomic E-state index is 11.0. The summed E-state index contributed by atoms with van der Waals surface area (Å²) in [5.41, 5.74) is 0. The highest BCUT2D eigenvalue weighted by Crippen LogP contribution is 2.13. The monoisotopic (exact) mass is 252 g/mol. The Kier molecular flexibility index (Phi) is 4.58. The van der Waals surface area contributed by atoms with E-state index in [-0.39, 0.29) is 6.04 Å². The Bertz CT molecular complexity index is 321. The second-order valence-electron chi connectivity index (χ2n) is 3.96. The SMILES string of the molecule is C=C(Cl)CN1CCC(NS(C)(=O)=O)CC1. The Morgan fingerprint density at radius 2 is 2.07 bits per heavy atom. The number of rotatable bonds is 4. The van der Waals surface area contributed by atoms with E-state index >= 15 is 0 Å². The first-order valence-corrected chi connectivity index (χ1v) is 7.17. The fourth-order valence-electron chi connectivity index (χ4n) is 1.75. The van der Waals surface area contributed by atoms with Gasteiger partial charge in [-0.05, 0) is 12.8 Å². The van der Waals surface area contributed by atoms with Gasteiger partial charge in [-0.3, -0.25) is 4.90 Å². The lowest BCUT2D eigenvalue weighted by molar-refractivity contribution is 0.225.